The summed E-state index contributed by atoms with van der Waals surface area (Å²) in [5.74, 6) is 1.34. The summed E-state index contributed by atoms with van der Waals surface area (Å²) in [7, 11) is 0. The molecule has 0 amide bonds. The average molecular weight is 124 g/mol. The topological polar surface area (TPSA) is 9.23 Å². The molecule has 1 aliphatic heterocycles. The van der Waals surface area contributed by atoms with Gasteiger partial charge in [-0.25, -0.2) is 0 Å². The summed E-state index contributed by atoms with van der Waals surface area (Å²) in [6, 6.07) is 0. The highest BCUT2D eigenvalue weighted by molar-refractivity contribution is 5.16. The third kappa shape index (κ3) is 1.35. The van der Waals surface area contributed by atoms with E-state index in [0.29, 0.717) is 5.92 Å². The lowest BCUT2D eigenvalue weighted by Crippen LogP contribution is -2.11. The summed E-state index contributed by atoms with van der Waals surface area (Å²) in [5, 5.41) is 0. The molecule has 1 nitrogen and oxygen atoms in total. The van der Waals surface area contributed by atoms with Crippen molar-refractivity contribution in [1.82, 2.24) is 0 Å². The van der Waals surface area contributed by atoms with Crippen LogP contribution in [-0.2, 0) is 4.74 Å². The van der Waals surface area contributed by atoms with Crippen LogP contribution in [0.25, 0.3) is 0 Å². The Morgan fingerprint density at radius 2 is 2.33 bits per heavy atom. The Labute approximate surface area is 56.0 Å². The normalized spacial score (nSPS) is 25.2. The molecule has 1 heteroatoms. The van der Waals surface area contributed by atoms with Gasteiger partial charge in [-0.05, 0) is 18.1 Å². The van der Waals surface area contributed by atoms with Gasteiger partial charge in [0.2, 0.25) is 0 Å². The van der Waals surface area contributed by atoms with E-state index >= 15 is 0 Å². The second kappa shape index (κ2) is 2.26. The van der Waals surface area contributed by atoms with Crippen LogP contribution in [0.1, 0.15) is 13.8 Å². The highest BCUT2D eigenvalue weighted by atomic mass is 16.5. The monoisotopic (exact) mass is 124 g/mol. The molecule has 0 aromatic carbocycles. The molecule has 0 N–H and O–H groups in total. The predicted molar refractivity (Wildman–Crippen MR) is 38.0 cm³/mol. The van der Waals surface area contributed by atoms with E-state index in [9.17, 15) is 0 Å². The Morgan fingerprint density at radius 1 is 1.67 bits per heavy atom. The van der Waals surface area contributed by atoms with Gasteiger partial charge in [0.05, 0.1) is 0 Å². The number of allylic oxidation sites excluding steroid dienone is 1. The zero-order valence-electron chi connectivity index (χ0n) is 5.92. The first-order chi connectivity index (χ1) is 4.20. The van der Waals surface area contributed by atoms with Gasteiger partial charge in [-0.15, -0.1) is 0 Å². The fraction of sp³-hybridized carbons (Fsp3) is 0.500. The second-order valence-corrected chi connectivity index (χ2v) is 2.65. The van der Waals surface area contributed by atoms with Gasteiger partial charge in [-0.1, -0.05) is 20.4 Å². The molecule has 0 fully saturated rings. The molecule has 1 rings (SSSR count). The van der Waals surface area contributed by atoms with Crippen molar-refractivity contribution in [2.45, 2.75) is 20.0 Å². The van der Waals surface area contributed by atoms with Crippen molar-refractivity contribution >= 4 is 0 Å². The fourth-order valence-electron chi connectivity index (χ4n) is 0.814. The highest BCUT2D eigenvalue weighted by Gasteiger charge is 2.15. The van der Waals surface area contributed by atoms with Gasteiger partial charge in [0.25, 0.3) is 0 Å². The first kappa shape index (κ1) is 6.40. The molecule has 0 aliphatic carbocycles. The van der Waals surface area contributed by atoms with Gasteiger partial charge in [-0.2, -0.15) is 0 Å². The van der Waals surface area contributed by atoms with Crippen LogP contribution in [0.3, 0.4) is 0 Å². The molecule has 0 spiro atoms. The van der Waals surface area contributed by atoms with Gasteiger partial charge in [0.1, 0.15) is 11.9 Å². The van der Waals surface area contributed by atoms with E-state index in [1.165, 1.54) is 0 Å². The summed E-state index contributed by atoms with van der Waals surface area (Å²) < 4.78 is 5.32. The van der Waals surface area contributed by atoms with E-state index in [4.69, 9.17) is 4.74 Å². The number of ether oxygens (including phenoxy) is 1. The van der Waals surface area contributed by atoms with Crippen LogP contribution in [0, 0.1) is 5.92 Å². The van der Waals surface area contributed by atoms with Crippen molar-refractivity contribution < 1.29 is 4.74 Å². The van der Waals surface area contributed by atoms with Gasteiger partial charge in [0, 0.05) is 0 Å². The molecule has 1 aliphatic rings. The second-order valence-electron chi connectivity index (χ2n) is 2.65. The van der Waals surface area contributed by atoms with E-state index < -0.39 is 0 Å². The first-order valence-electron chi connectivity index (χ1n) is 3.24. The molecule has 0 saturated heterocycles. The van der Waals surface area contributed by atoms with Crippen molar-refractivity contribution in [3.05, 3.63) is 24.5 Å². The lowest BCUT2D eigenvalue weighted by molar-refractivity contribution is 0.141. The molecule has 0 aromatic rings. The SMILES string of the molecule is C=C1C=CC(C(C)C)O1. The number of hydrogen-bond donors (Lipinski definition) is 0. The Bertz CT molecular complexity index is 145. The minimum absolute atomic E-state index is 0.262. The van der Waals surface area contributed by atoms with E-state index in [1.807, 2.05) is 12.2 Å². The first-order valence-corrected chi connectivity index (χ1v) is 3.24. The van der Waals surface area contributed by atoms with E-state index in [-0.39, 0.29) is 6.10 Å². The summed E-state index contributed by atoms with van der Waals surface area (Å²) in [6.07, 6.45) is 4.23. The van der Waals surface area contributed by atoms with E-state index in [0.717, 1.165) is 5.76 Å². The van der Waals surface area contributed by atoms with Crippen molar-refractivity contribution in [3.63, 3.8) is 0 Å². The largest absolute Gasteiger partial charge is 0.487 e. The Kier molecular flexibility index (Phi) is 1.60. The predicted octanol–water partition coefficient (Wildman–Crippen LogP) is 2.11. The smallest absolute Gasteiger partial charge is 0.119 e. The Balaban J connectivity index is 2.50. The summed E-state index contributed by atoms with van der Waals surface area (Å²) in [5.41, 5.74) is 0. The lowest BCUT2D eigenvalue weighted by Gasteiger charge is -2.12. The summed E-state index contributed by atoms with van der Waals surface area (Å²) >= 11 is 0. The molecular formula is C8H12O. The summed E-state index contributed by atoms with van der Waals surface area (Å²) in [6.45, 7) is 7.94. The van der Waals surface area contributed by atoms with Gasteiger partial charge >= 0.3 is 0 Å². The van der Waals surface area contributed by atoms with Crippen LogP contribution < -0.4 is 0 Å². The molecule has 1 heterocycles. The van der Waals surface area contributed by atoms with Crippen LogP contribution in [0.5, 0.6) is 0 Å². The quantitative estimate of drug-likeness (QED) is 0.520. The van der Waals surface area contributed by atoms with Crippen molar-refractivity contribution in [3.8, 4) is 0 Å². The molecule has 0 radical (unpaired) electrons. The van der Waals surface area contributed by atoms with Gasteiger partial charge in [0.15, 0.2) is 0 Å². The molecular weight excluding hydrogens is 112 g/mol. The summed E-state index contributed by atoms with van der Waals surface area (Å²) in [4.78, 5) is 0. The van der Waals surface area contributed by atoms with Crippen LogP contribution in [-0.4, -0.2) is 6.10 Å². The number of hydrogen-bond acceptors (Lipinski definition) is 1. The van der Waals surface area contributed by atoms with Crippen LogP contribution in [0.2, 0.25) is 0 Å². The maximum absolute atomic E-state index is 5.32. The maximum Gasteiger partial charge on any atom is 0.119 e. The standard InChI is InChI=1S/C8H12O/c1-6(2)8-5-4-7(3)9-8/h4-6,8H,3H2,1-2H3. The van der Waals surface area contributed by atoms with E-state index in [1.54, 1.807) is 0 Å². The highest BCUT2D eigenvalue weighted by Crippen LogP contribution is 2.18. The third-order valence-electron chi connectivity index (χ3n) is 1.42. The molecule has 1 atom stereocenters. The minimum Gasteiger partial charge on any atom is -0.487 e. The zero-order valence-corrected chi connectivity index (χ0v) is 5.92. The molecule has 0 aromatic heterocycles. The minimum atomic E-state index is 0.262. The molecule has 0 bridgehead atoms. The van der Waals surface area contributed by atoms with Crippen LogP contribution in [0.15, 0.2) is 24.5 Å². The van der Waals surface area contributed by atoms with Gasteiger partial charge < -0.3 is 4.74 Å². The Hall–Kier alpha value is -0.720. The van der Waals surface area contributed by atoms with Crippen molar-refractivity contribution in [2.75, 3.05) is 0 Å². The molecule has 0 saturated carbocycles. The van der Waals surface area contributed by atoms with Crippen LogP contribution in [0.4, 0.5) is 0 Å². The molecule has 1 unspecified atom stereocenters. The number of rotatable bonds is 1. The maximum atomic E-state index is 5.32. The van der Waals surface area contributed by atoms with Crippen molar-refractivity contribution in [2.24, 2.45) is 5.92 Å². The molecule has 50 valence electrons. The molecule has 9 heavy (non-hydrogen) atoms. The van der Waals surface area contributed by atoms with E-state index in [2.05, 4.69) is 20.4 Å². The van der Waals surface area contributed by atoms with Crippen molar-refractivity contribution in [1.29, 1.82) is 0 Å². The lowest BCUT2D eigenvalue weighted by atomic mass is 10.1. The third-order valence-corrected chi connectivity index (χ3v) is 1.42. The fourth-order valence-corrected chi connectivity index (χ4v) is 0.814. The van der Waals surface area contributed by atoms with Crippen LogP contribution >= 0.6 is 0 Å². The Morgan fingerprint density at radius 3 is 2.56 bits per heavy atom. The average Bonchev–Trinajstić information content (AvgIpc) is 2.14. The van der Waals surface area contributed by atoms with Gasteiger partial charge in [-0.3, -0.25) is 0 Å². The zero-order chi connectivity index (χ0) is 6.85.